The summed E-state index contributed by atoms with van der Waals surface area (Å²) >= 11 is 5.30. The highest BCUT2D eigenvalue weighted by Gasteiger charge is 2.25. The smallest absolute Gasteiger partial charge is 0.242 e. The lowest BCUT2D eigenvalue weighted by atomic mass is 9.92. The molecular formula is C14H25N3OS. The maximum atomic E-state index is 12.2. The van der Waals surface area contributed by atoms with Crippen molar-refractivity contribution < 1.29 is 4.79 Å². The maximum Gasteiger partial charge on any atom is 0.242 e. The van der Waals surface area contributed by atoms with Gasteiger partial charge in [-0.05, 0) is 25.1 Å². The minimum absolute atomic E-state index is 0.00917. The van der Waals surface area contributed by atoms with Gasteiger partial charge in [0.05, 0.1) is 0 Å². The van der Waals surface area contributed by atoms with E-state index in [0.29, 0.717) is 17.2 Å². The van der Waals surface area contributed by atoms with Crippen LogP contribution in [0.4, 0.5) is 0 Å². The molecule has 0 saturated heterocycles. The first-order valence-corrected chi connectivity index (χ1v) is 7.13. The van der Waals surface area contributed by atoms with Gasteiger partial charge in [0, 0.05) is 23.9 Å². The van der Waals surface area contributed by atoms with E-state index in [9.17, 15) is 4.79 Å². The first-order chi connectivity index (χ1) is 8.64. The van der Waals surface area contributed by atoms with Crippen LogP contribution in [-0.4, -0.2) is 22.0 Å². The Morgan fingerprint density at radius 3 is 2.47 bits per heavy atom. The van der Waals surface area contributed by atoms with E-state index in [4.69, 9.17) is 12.2 Å². The number of hydrogen-bond acceptors (Lipinski definition) is 2. The zero-order valence-corrected chi connectivity index (χ0v) is 13.5. The summed E-state index contributed by atoms with van der Waals surface area (Å²) in [6, 6.07) is -0.299. The Morgan fingerprint density at radius 1 is 1.42 bits per heavy atom. The minimum atomic E-state index is -0.299. The molecule has 4 nitrogen and oxygen atoms in total. The Hall–Kier alpha value is -1.10. The highest BCUT2D eigenvalue weighted by Crippen LogP contribution is 2.25. The molecule has 0 aromatic carbocycles. The van der Waals surface area contributed by atoms with Crippen molar-refractivity contribution in [3.63, 3.8) is 0 Å². The van der Waals surface area contributed by atoms with Crippen LogP contribution in [-0.2, 0) is 10.2 Å². The van der Waals surface area contributed by atoms with Crippen LogP contribution in [0.1, 0.15) is 53.3 Å². The topological polar surface area (TPSA) is 49.8 Å². The van der Waals surface area contributed by atoms with Crippen LogP contribution in [0.3, 0.4) is 0 Å². The molecule has 0 aliphatic heterocycles. The fourth-order valence-electron chi connectivity index (χ4n) is 1.91. The van der Waals surface area contributed by atoms with Gasteiger partial charge in [-0.25, -0.2) is 0 Å². The summed E-state index contributed by atoms with van der Waals surface area (Å²) in [5, 5.41) is 2.96. The molecule has 1 aromatic heterocycles. The van der Waals surface area contributed by atoms with Crippen molar-refractivity contribution in [3.05, 3.63) is 16.7 Å². The third-order valence-corrected chi connectivity index (χ3v) is 3.34. The SMILES string of the molecule is CC(C)CNC(=O)C(C)n1c(C(C)(C)C)c[nH]c1=S. The Bertz CT molecular complexity index is 494. The van der Waals surface area contributed by atoms with Crippen molar-refractivity contribution in [2.75, 3.05) is 6.54 Å². The molecule has 0 fully saturated rings. The average molecular weight is 283 g/mol. The molecule has 0 spiro atoms. The number of H-pyrrole nitrogens is 1. The Balaban J connectivity index is 3.00. The van der Waals surface area contributed by atoms with Gasteiger partial charge < -0.3 is 14.9 Å². The van der Waals surface area contributed by atoms with Crippen molar-refractivity contribution in [2.45, 2.75) is 53.0 Å². The van der Waals surface area contributed by atoms with Crippen molar-refractivity contribution >= 4 is 18.1 Å². The second-order valence-corrected chi connectivity index (χ2v) is 6.80. The number of rotatable bonds is 4. The molecule has 108 valence electrons. The highest BCUT2D eigenvalue weighted by molar-refractivity contribution is 7.71. The highest BCUT2D eigenvalue weighted by atomic mass is 32.1. The van der Waals surface area contributed by atoms with E-state index in [2.05, 4.69) is 44.9 Å². The molecule has 1 aromatic rings. The van der Waals surface area contributed by atoms with Gasteiger partial charge in [0.2, 0.25) is 5.91 Å². The van der Waals surface area contributed by atoms with Crippen LogP contribution in [0, 0.1) is 10.7 Å². The molecule has 1 heterocycles. The predicted molar refractivity (Wildman–Crippen MR) is 80.9 cm³/mol. The van der Waals surface area contributed by atoms with Crippen molar-refractivity contribution in [1.82, 2.24) is 14.9 Å². The summed E-state index contributed by atoms with van der Waals surface area (Å²) in [4.78, 5) is 15.2. The van der Waals surface area contributed by atoms with Crippen LogP contribution in [0.2, 0.25) is 0 Å². The largest absolute Gasteiger partial charge is 0.354 e. The maximum absolute atomic E-state index is 12.2. The lowest BCUT2D eigenvalue weighted by Gasteiger charge is -2.24. The van der Waals surface area contributed by atoms with Crippen LogP contribution < -0.4 is 5.32 Å². The van der Waals surface area contributed by atoms with E-state index >= 15 is 0 Å². The van der Waals surface area contributed by atoms with Crippen molar-refractivity contribution in [1.29, 1.82) is 0 Å². The quantitative estimate of drug-likeness (QED) is 0.834. The Labute approximate surface area is 120 Å². The lowest BCUT2D eigenvalue weighted by molar-refractivity contribution is -0.124. The molecule has 1 unspecified atom stereocenters. The number of imidazole rings is 1. The molecule has 0 radical (unpaired) electrons. The molecule has 2 N–H and O–H groups in total. The number of aromatic amines is 1. The van der Waals surface area contributed by atoms with E-state index in [1.54, 1.807) is 0 Å². The van der Waals surface area contributed by atoms with E-state index in [-0.39, 0.29) is 17.4 Å². The lowest BCUT2D eigenvalue weighted by Crippen LogP contribution is -2.35. The molecule has 1 atom stereocenters. The van der Waals surface area contributed by atoms with Crippen LogP contribution in [0.25, 0.3) is 0 Å². The van der Waals surface area contributed by atoms with Crippen LogP contribution >= 0.6 is 12.2 Å². The monoisotopic (exact) mass is 283 g/mol. The van der Waals surface area contributed by atoms with Crippen LogP contribution in [0.15, 0.2) is 6.20 Å². The number of aromatic nitrogens is 2. The fraction of sp³-hybridized carbons (Fsp3) is 0.714. The molecule has 0 saturated carbocycles. The summed E-state index contributed by atoms with van der Waals surface area (Å²) in [5.41, 5.74) is 0.991. The summed E-state index contributed by atoms with van der Waals surface area (Å²) in [6.45, 7) is 13.1. The number of nitrogens with one attached hydrogen (secondary N) is 2. The number of carbonyl (C=O) groups is 1. The van der Waals surface area contributed by atoms with Gasteiger partial charge in [0.25, 0.3) is 0 Å². The third-order valence-electron chi connectivity index (χ3n) is 3.03. The number of amides is 1. The van der Waals surface area contributed by atoms with E-state index in [0.717, 1.165) is 5.69 Å². The molecule has 0 bridgehead atoms. The van der Waals surface area contributed by atoms with Gasteiger partial charge in [-0.1, -0.05) is 34.6 Å². The van der Waals surface area contributed by atoms with Gasteiger partial charge in [-0.2, -0.15) is 0 Å². The first kappa shape index (κ1) is 16.0. The molecule has 5 heteroatoms. The van der Waals surface area contributed by atoms with Crippen LogP contribution in [0.5, 0.6) is 0 Å². The second-order valence-electron chi connectivity index (χ2n) is 6.41. The fourth-order valence-corrected chi connectivity index (χ4v) is 2.23. The van der Waals surface area contributed by atoms with Gasteiger partial charge in [-0.3, -0.25) is 4.79 Å². The standard InChI is InChI=1S/C14H25N3OS/c1-9(2)7-15-12(18)10(3)17-11(14(4,5)6)8-16-13(17)19/h8-10H,7H2,1-6H3,(H,15,18)(H,16,19). The summed E-state index contributed by atoms with van der Waals surface area (Å²) < 4.78 is 2.50. The number of nitrogens with zero attached hydrogens (tertiary/aromatic N) is 1. The van der Waals surface area contributed by atoms with Gasteiger partial charge in [0.1, 0.15) is 6.04 Å². The molecule has 1 amide bonds. The molecule has 19 heavy (non-hydrogen) atoms. The van der Waals surface area contributed by atoms with Crippen molar-refractivity contribution in [2.24, 2.45) is 5.92 Å². The van der Waals surface area contributed by atoms with E-state index in [1.807, 2.05) is 17.7 Å². The van der Waals surface area contributed by atoms with Crippen molar-refractivity contribution in [3.8, 4) is 0 Å². The summed E-state index contributed by atoms with van der Waals surface area (Å²) in [6.07, 6.45) is 1.90. The molecule has 0 aliphatic rings. The van der Waals surface area contributed by atoms with Gasteiger partial charge in [0.15, 0.2) is 4.77 Å². The summed E-state index contributed by atoms with van der Waals surface area (Å²) in [7, 11) is 0. The van der Waals surface area contributed by atoms with Gasteiger partial charge >= 0.3 is 0 Å². The Kier molecular flexibility index (Phi) is 4.96. The average Bonchev–Trinajstić information content (AvgIpc) is 2.66. The molecular weight excluding hydrogens is 258 g/mol. The second kappa shape index (κ2) is 5.90. The first-order valence-electron chi connectivity index (χ1n) is 6.72. The Morgan fingerprint density at radius 2 is 2.00 bits per heavy atom. The minimum Gasteiger partial charge on any atom is -0.354 e. The molecule has 0 aliphatic carbocycles. The van der Waals surface area contributed by atoms with E-state index < -0.39 is 0 Å². The zero-order valence-electron chi connectivity index (χ0n) is 12.7. The number of hydrogen-bond donors (Lipinski definition) is 2. The normalized spacial score (nSPS) is 13.6. The van der Waals surface area contributed by atoms with Gasteiger partial charge in [-0.15, -0.1) is 0 Å². The van der Waals surface area contributed by atoms with E-state index in [1.165, 1.54) is 0 Å². The number of carbonyl (C=O) groups excluding carboxylic acids is 1. The summed E-state index contributed by atoms with van der Waals surface area (Å²) in [5.74, 6) is 0.451. The zero-order chi connectivity index (χ0) is 14.8. The molecule has 1 rings (SSSR count). The predicted octanol–water partition coefficient (Wildman–Crippen LogP) is 3.18. The third kappa shape index (κ3) is 3.93.